The van der Waals surface area contributed by atoms with Crippen LogP contribution in [0.5, 0.6) is 0 Å². The number of nitrogens with zero attached hydrogens (tertiary/aromatic N) is 4. The Hall–Kier alpha value is -2.79. The zero-order valence-electron chi connectivity index (χ0n) is 22.0. The summed E-state index contributed by atoms with van der Waals surface area (Å²) in [5, 5.41) is 4.85. The molecule has 7 nitrogen and oxygen atoms in total. The average Bonchev–Trinajstić information content (AvgIpc) is 3.50. The summed E-state index contributed by atoms with van der Waals surface area (Å²) in [6, 6.07) is 16.7. The molecule has 2 aromatic carbocycles. The van der Waals surface area contributed by atoms with E-state index in [-0.39, 0.29) is 10.8 Å². The number of rotatable bonds is 9. The number of benzene rings is 2. The van der Waals surface area contributed by atoms with Crippen LogP contribution < -0.4 is 0 Å². The van der Waals surface area contributed by atoms with Crippen LogP contribution in [0.2, 0.25) is 0 Å². The Kier molecular flexibility index (Phi) is 8.66. The fraction of sp³-hybridized carbons (Fsp3) is 0.345. The summed E-state index contributed by atoms with van der Waals surface area (Å²) in [6.07, 6.45) is 9.53. The molecule has 0 saturated carbocycles. The van der Waals surface area contributed by atoms with Crippen molar-refractivity contribution < 1.29 is 13.2 Å². The van der Waals surface area contributed by atoms with E-state index in [4.69, 9.17) is 17.3 Å². The number of carbonyl (C=O) groups excluding carboxylic acids is 1. The highest BCUT2D eigenvalue weighted by atomic mass is 32.2. The molecule has 39 heavy (non-hydrogen) atoms. The van der Waals surface area contributed by atoms with Crippen LogP contribution in [0.15, 0.2) is 70.6 Å². The van der Waals surface area contributed by atoms with Gasteiger partial charge in [0, 0.05) is 37.0 Å². The SMILES string of the molecule is CCCCCN1C(=O)/C(=C/c2cn(-c3ccccc3)nc2-c2cccc(S(=O)(=O)N3CCCCC3)c2)SC1=S. The van der Waals surface area contributed by atoms with Gasteiger partial charge < -0.3 is 0 Å². The predicted molar refractivity (Wildman–Crippen MR) is 161 cm³/mol. The van der Waals surface area contributed by atoms with Crippen molar-refractivity contribution in [1.82, 2.24) is 19.0 Å². The molecular weight excluding hydrogens is 549 g/mol. The molecule has 3 aromatic rings. The van der Waals surface area contributed by atoms with Crippen molar-refractivity contribution in [3.05, 3.63) is 71.3 Å². The lowest BCUT2D eigenvalue weighted by atomic mass is 10.1. The third-order valence-electron chi connectivity index (χ3n) is 6.97. The Labute approximate surface area is 239 Å². The molecule has 0 spiro atoms. The van der Waals surface area contributed by atoms with E-state index < -0.39 is 10.0 Å². The molecule has 204 valence electrons. The standard InChI is InChI=1S/C29H32N4O3S3/c1-2-3-8-18-32-28(34)26(38-29(32)37)20-23-21-33(24-13-6-4-7-14-24)30-27(23)22-12-11-15-25(19-22)39(35,36)31-16-9-5-10-17-31/h4,6-7,11-15,19-21H,2-3,5,8-10,16-18H2,1H3/b26-20-. The van der Waals surface area contributed by atoms with Crippen molar-refractivity contribution in [1.29, 1.82) is 0 Å². The van der Waals surface area contributed by atoms with E-state index in [1.165, 1.54) is 11.8 Å². The number of hydrogen-bond acceptors (Lipinski definition) is 6. The van der Waals surface area contributed by atoms with Gasteiger partial charge in [-0.15, -0.1) is 0 Å². The third kappa shape index (κ3) is 6.04. The van der Waals surface area contributed by atoms with Crippen LogP contribution in [0.3, 0.4) is 0 Å². The minimum Gasteiger partial charge on any atom is -0.293 e. The Morgan fingerprint density at radius 1 is 1.03 bits per heavy atom. The second-order valence-corrected chi connectivity index (χ2v) is 13.4. The number of aromatic nitrogens is 2. The molecule has 3 heterocycles. The zero-order valence-corrected chi connectivity index (χ0v) is 24.4. The van der Waals surface area contributed by atoms with Crippen molar-refractivity contribution in [2.75, 3.05) is 19.6 Å². The molecule has 0 N–H and O–H groups in total. The Balaban J connectivity index is 1.54. The molecule has 0 atom stereocenters. The van der Waals surface area contributed by atoms with Crippen molar-refractivity contribution in [2.45, 2.75) is 50.3 Å². The van der Waals surface area contributed by atoms with Crippen molar-refractivity contribution in [3.8, 4) is 16.9 Å². The van der Waals surface area contributed by atoms with E-state index in [1.54, 1.807) is 32.1 Å². The van der Waals surface area contributed by atoms with Gasteiger partial charge in [0.25, 0.3) is 5.91 Å². The van der Waals surface area contributed by atoms with E-state index in [2.05, 4.69) is 6.92 Å². The molecule has 0 aliphatic carbocycles. The van der Waals surface area contributed by atoms with E-state index in [9.17, 15) is 13.2 Å². The topological polar surface area (TPSA) is 75.5 Å². The zero-order chi connectivity index (χ0) is 27.4. The van der Waals surface area contributed by atoms with Gasteiger partial charge in [0.05, 0.1) is 15.5 Å². The quantitative estimate of drug-likeness (QED) is 0.173. The lowest BCUT2D eigenvalue weighted by Gasteiger charge is -2.26. The maximum absolute atomic E-state index is 13.4. The fourth-order valence-electron chi connectivity index (χ4n) is 4.84. The molecule has 0 unspecified atom stereocenters. The van der Waals surface area contributed by atoms with E-state index in [0.717, 1.165) is 49.8 Å². The average molecular weight is 581 g/mol. The van der Waals surface area contributed by atoms with E-state index in [1.807, 2.05) is 48.7 Å². The summed E-state index contributed by atoms with van der Waals surface area (Å²) in [5.74, 6) is -0.0964. The summed E-state index contributed by atoms with van der Waals surface area (Å²) >= 11 is 6.82. The molecule has 1 aromatic heterocycles. The van der Waals surface area contributed by atoms with Gasteiger partial charge in [-0.1, -0.05) is 80.5 Å². The van der Waals surface area contributed by atoms with Gasteiger partial charge in [-0.3, -0.25) is 9.69 Å². The largest absolute Gasteiger partial charge is 0.293 e. The van der Waals surface area contributed by atoms with Crippen molar-refractivity contribution in [2.24, 2.45) is 0 Å². The van der Waals surface area contributed by atoms with Crippen LogP contribution in [0.4, 0.5) is 0 Å². The van der Waals surface area contributed by atoms with E-state index in [0.29, 0.717) is 40.1 Å². The van der Waals surface area contributed by atoms with Gasteiger partial charge in [0.15, 0.2) is 0 Å². The van der Waals surface area contributed by atoms with Crippen LogP contribution in [0.25, 0.3) is 23.0 Å². The van der Waals surface area contributed by atoms with Crippen LogP contribution in [-0.4, -0.2) is 57.3 Å². The van der Waals surface area contributed by atoms with Gasteiger partial charge in [-0.2, -0.15) is 9.40 Å². The van der Waals surface area contributed by atoms with Crippen LogP contribution >= 0.6 is 24.0 Å². The molecule has 2 aliphatic rings. The number of sulfonamides is 1. The molecule has 0 radical (unpaired) electrons. The van der Waals surface area contributed by atoms with E-state index >= 15 is 0 Å². The molecule has 0 bridgehead atoms. The molecule has 5 rings (SSSR count). The first-order valence-electron chi connectivity index (χ1n) is 13.4. The summed E-state index contributed by atoms with van der Waals surface area (Å²) in [7, 11) is -3.61. The molecular formula is C29H32N4O3S3. The van der Waals surface area contributed by atoms with Crippen LogP contribution in [-0.2, 0) is 14.8 Å². The minimum absolute atomic E-state index is 0.0964. The first-order chi connectivity index (χ1) is 18.9. The predicted octanol–water partition coefficient (Wildman–Crippen LogP) is 6.11. The van der Waals surface area contributed by atoms with Crippen molar-refractivity contribution in [3.63, 3.8) is 0 Å². The maximum atomic E-state index is 13.4. The number of amides is 1. The van der Waals surface area contributed by atoms with Crippen LogP contribution in [0, 0.1) is 0 Å². The Morgan fingerprint density at radius 2 is 1.79 bits per heavy atom. The maximum Gasteiger partial charge on any atom is 0.266 e. The second-order valence-electron chi connectivity index (χ2n) is 9.75. The highest BCUT2D eigenvalue weighted by Gasteiger charge is 2.32. The molecule has 1 amide bonds. The summed E-state index contributed by atoms with van der Waals surface area (Å²) in [5.41, 5.74) is 2.86. The lowest BCUT2D eigenvalue weighted by Crippen LogP contribution is -2.35. The number of carbonyl (C=O) groups is 1. The van der Waals surface area contributed by atoms with Gasteiger partial charge in [-0.05, 0) is 49.6 Å². The number of thioether (sulfide) groups is 1. The summed E-state index contributed by atoms with van der Waals surface area (Å²) < 4.78 is 30.7. The Bertz CT molecular complexity index is 1490. The van der Waals surface area contributed by atoms with Crippen LogP contribution in [0.1, 0.15) is 51.0 Å². The number of thiocarbonyl (C=S) groups is 1. The molecule has 10 heteroatoms. The first kappa shape index (κ1) is 27.8. The smallest absolute Gasteiger partial charge is 0.266 e. The van der Waals surface area contributed by atoms with Gasteiger partial charge in [-0.25, -0.2) is 13.1 Å². The second kappa shape index (κ2) is 12.2. The number of piperidine rings is 1. The monoisotopic (exact) mass is 580 g/mol. The summed E-state index contributed by atoms with van der Waals surface area (Å²) in [4.78, 5) is 15.7. The van der Waals surface area contributed by atoms with Crippen molar-refractivity contribution >= 4 is 50.3 Å². The molecule has 2 saturated heterocycles. The number of unbranched alkanes of at least 4 members (excludes halogenated alkanes) is 2. The third-order valence-corrected chi connectivity index (χ3v) is 10.2. The molecule has 2 fully saturated rings. The fourth-order valence-corrected chi connectivity index (χ4v) is 7.71. The number of para-hydroxylation sites is 1. The normalized spacial score (nSPS) is 17.9. The van der Waals surface area contributed by atoms with Gasteiger partial charge >= 0.3 is 0 Å². The van der Waals surface area contributed by atoms with Gasteiger partial charge in [0.1, 0.15) is 10.0 Å². The number of hydrogen-bond donors (Lipinski definition) is 0. The molecule has 2 aliphatic heterocycles. The first-order valence-corrected chi connectivity index (χ1v) is 16.1. The Morgan fingerprint density at radius 3 is 2.54 bits per heavy atom. The highest BCUT2D eigenvalue weighted by molar-refractivity contribution is 8.26. The lowest BCUT2D eigenvalue weighted by molar-refractivity contribution is -0.122. The summed E-state index contributed by atoms with van der Waals surface area (Å²) in [6.45, 7) is 3.83. The van der Waals surface area contributed by atoms with Gasteiger partial charge in [0.2, 0.25) is 10.0 Å². The minimum atomic E-state index is -3.61. The highest BCUT2D eigenvalue weighted by Crippen LogP contribution is 2.35.